The van der Waals surface area contributed by atoms with Crippen molar-refractivity contribution in [3.8, 4) is 29.0 Å². The van der Waals surface area contributed by atoms with Gasteiger partial charge in [-0.05, 0) is 63.1 Å². The highest BCUT2D eigenvalue weighted by molar-refractivity contribution is 7.23. The zero-order valence-corrected chi connectivity index (χ0v) is 33.8. The average Bonchev–Trinajstić information content (AvgIpc) is 3.37. The van der Waals surface area contributed by atoms with Gasteiger partial charge < -0.3 is 25.0 Å². The van der Waals surface area contributed by atoms with Crippen LogP contribution in [0.25, 0.3) is 32.1 Å². The molecule has 4 atom stereocenters. The van der Waals surface area contributed by atoms with Crippen molar-refractivity contribution < 1.29 is 27.4 Å². The van der Waals surface area contributed by atoms with Crippen LogP contribution < -0.4 is 20.1 Å². The molecule has 2 aromatic carbocycles. The maximum atomic E-state index is 17.5. The van der Waals surface area contributed by atoms with Crippen LogP contribution in [0.4, 0.5) is 28.8 Å². The number of rotatable bonds is 7. The number of imidazole rings is 1. The van der Waals surface area contributed by atoms with E-state index in [9.17, 15) is 14.4 Å². The number of thiophene rings is 1. The van der Waals surface area contributed by atoms with Crippen molar-refractivity contribution in [1.29, 1.82) is 5.26 Å². The van der Waals surface area contributed by atoms with Crippen molar-refractivity contribution in [2.45, 2.75) is 70.6 Å². The Kier molecular flexibility index (Phi) is 8.60. The summed E-state index contributed by atoms with van der Waals surface area (Å²) in [5.74, 6) is -0.877. The lowest BCUT2D eigenvalue weighted by molar-refractivity contribution is 0.0104. The Morgan fingerprint density at radius 3 is 2.72 bits per heavy atom. The average molecular weight is 832 g/mol. The third kappa shape index (κ3) is 5.56. The molecule has 1 amide bonds. The molecule has 7 heterocycles. The monoisotopic (exact) mass is 831 g/mol. The van der Waals surface area contributed by atoms with Crippen LogP contribution in [0.15, 0.2) is 18.5 Å². The molecule has 0 bridgehead atoms. The molecule has 17 heteroatoms. The summed E-state index contributed by atoms with van der Waals surface area (Å²) in [6.45, 7) is 8.68. The summed E-state index contributed by atoms with van der Waals surface area (Å²) in [5, 5.41) is 10.5. The van der Waals surface area contributed by atoms with Gasteiger partial charge in [-0.2, -0.15) is 15.2 Å². The molecule has 302 valence electrons. The topological polar surface area (TPSA) is 139 Å². The number of carbonyl (C=O) groups is 1. The molecule has 0 spiro atoms. The number of amides is 1. The second-order valence-corrected chi connectivity index (χ2v) is 18.3. The first-order chi connectivity index (χ1) is 27.8. The molecule has 4 aliphatic heterocycles. The summed E-state index contributed by atoms with van der Waals surface area (Å²) in [5.41, 5.74) is 7.12. The lowest BCUT2D eigenvalue weighted by Gasteiger charge is -2.52. The largest absolute Gasteiger partial charge is 0.489 e. The molecule has 3 saturated heterocycles. The fourth-order valence-electron chi connectivity index (χ4n) is 10.1. The lowest BCUT2D eigenvalue weighted by atomic mass is 9.78. The number of nitrogens with two attached hydrogens (primary N) is 1. The van der Waals surface area contributed by atoms with E-state index in [-0.39, 0.29) is 96.1 Å². The molecular weight excluding hydrogens is 791 g/mol. The number of nitrogens with zero attached hydrogens (tertiary/aromatic N) is 8. The van der Waals surface area contributed by atoms with Crippen LogP contribution in [0.5, 0.6) is 11.8 Å². The number of fused-ring (bicyclic) bond motifs is 2. The molecule has 4 fully saturated rings. The van der Waals surface area contributed by atoms with Gasteiger partial charge in [-0.1, -0.05) is 24.6 Å². The van der Waals surface area contributed by atoms with Crippen molar-refractivity contribution in [3.05, 3.63) is 52.1 Å². The zero-order valence-electron chi connectivity index (χ0n) is 32.2. The predicted molar refractivity (Wildman–Crippen MR) is 214 cm³/mol. The number of ether oxygens (including phenoxy) is 2. The fourth-order valence-corrected chi connectivity index (χ4v) is 11.4. The van der Waals surface area contributed by atoms with E-state index < -0.39 is 23.3 Å². The van der Waals surface area contributed by atoms with Crippen LogP contribution in [-0.2, 0) is 0 Å². The summed E-state index contributed by atoms with van der Waals surface area (Å²) < 4.78 is 61.9. The van der Waals surface area contributed by atoms with Crippen LogP contribution in [0.1, 0.15) is 56.0 Å². The quantitative estimate of drug-likeness (QED) is 0.174. The van der Waals surface area contributed by atoms with Gasteiger partial charge >= 0.3 is 12.0 Å². The van der Waals surface area contributed by atoms with E-state index in [4.69, 9.17) is 31.8 Å². The Balaban J connectivity index is 1.09. The second kappa shape index (κ2) is 13.3. The summed E-state index contributed by atoms with van der Waals surface area (Å²) in [6, 6.07) is 4.38. The van der Waals surface area contributed by atoms with Crippen molar-refractivity contribution >= 4 is 60.8 Å². The van der Waals surface area contributed by atoms with Crippen LogP contribution in [-0.4, -0.2) is 99.0 Å². The number of halogens is 4. The molecule has 5 aromatic rings. The van der Waals surface area contributed by atoms with Crippen molar-refractivity contribution in [3.63, 3.8) is 0 Å². The van der Waals surface area contributed by atoms with Crippen molar-refractivity contribution in [2.75, 3.05) is 56.6 Å². The lowest BCUT2D eigenvalue weighted by Crippen LogP contribution is -2.65. The third-order valence-corrected chi connectivity index (χ3v) is 14.8. The Morgan fingerprint density at radius 2 is 1.98 bits per heavy atom. The summed E-state index contributed by atoms with van der Waals surface area (Å²) >= 11 is 8.05. The Hall–Kier alpha value is -4.85. The third-order valence-electron chi connectivity index (χ3n) is 13.4. The van der Waals surface area contributed by atoms with E-state index in [0.717, 1.165) is 55.0 Å². The van der Waals surface area contributed by atoms with Gasteiger partial charge in [-0.15, -0.1) is 11.3 Å². The second-order valence-electron chi connectivity index (χ2n) is 16.9. The number of likely N-dealkylation sites (tertiary alicyclic amines) is 1. The van der Waals surface area contributed by atoms with E-state index >= 15 is 8.78 Å². The van der Waals surface area contributed by atoms with E-state index in [1.807, 2.05) is 23.6 Å². The van der Waals surface area contributed by atoms with Crippen LogP contribution in [0, 0.1) is 48.1 Å². The molecule has 0 unspecified atom stereocenters. The molecule has 2 N–H and O–H groups in total. The molecule has 58 heavy (non-hydrogen) atoms. The summed E-state index contributed by atoms with van der Waals surface area (Å²) in [6.07, 6.45) is 4.58. The highest BCUT2D eigenvalue weighted by Crippen LogP contribution is 2.56. The Morgan fingerprint density at radius 1 is 1.17 bits per heavy atom. The van der Waals surface area contributed by atoms with Crippen molar-refractivity contribution in [1.82, 2.24) is 29.3 Å². The van der Waals surface area contributed by atoms with E-state index in [0.29, 0.717) is 38.4 Å². The predicted octanol–water partition coefficient (Wildman–Crippen LogP) is 7.63. The molecule has 12 nitrogen and oxygen atoms in total. The van der Waals surface area contributed by atoms with Crippen LogP contribution in [0.3, 0.4) is 0 Å². The normalized spacial score (nSPS) is 24.8. The van der Waals surface area contributed by atoms with Gasteiger partial charge in [0, 0.05) is 54.7 Å². The standard InChI is InChI=1S/C41H41ClF3N9O3S/c1-20-21(2)54(19-48-20)39(55)53-16-22(35(53)40(3)8-9-40)15-51-11-12-56-33-29-32(49-38(50-37(29)51)57-18-41-7-4-10-52(41)17-23(43)13-41)31(45)28(30(33)42)24-5-6-26(44)34-27(24)25(14-46)36(47)58-34/h5-6,19,22-23,35H,4,7-13,15-18,47H2,1-3H3/t22-,23-,35+,41+/m1/s1. The van der Waals surface area contributed by atoms with Crippen LogP contribution >= 0.6 is 22.9 Å². The molecule has 0 radical (unpaired) electrons. The summed E-state index contributed by atoms with van der Waals surface area (Å²) in [7, 11) is 0. The number of hydrogen-bond donors (Lipinski definition) is 1. The Bertz CT molecular complexity index is 2610. The number of hydrogen-bond acceptors (Lipinski definition) is 11. The maximum Gasteiger partial charge on any atom is 0.329 e. The van der Waals surface area contributed by atoms with Gasteiger partial charge in [0.2, 0.25) is 0 Å². The fraction of sp³-hybridized carbons (Fsp3) is 0.488. The molecule has 3 aromatic heterocycles. The van der Waals surface area contributed by atoms with E-state index in [1.165, 1.54) is 12.1 Å². The number of carbonyl (C=O) groups excluding carboxylic acids is 1. The van der Waals surface area contributed by atoms with E-state index in [1.54, 1.807) is 10.9 Å². The highest BCUT2D eigenvalue weighted by atomic mass is 35.5. The first-order valence-electron chi connectivity index (χ1n) is 19.7. The van der Waals surface area contributed by atoms with Gasteiger partial charge in [0.25, 0.3) is 0 Å². The molecular formula is C41H41ClF3N9O3S. The number of nitriles is 1. The number of aromatic nitrogens is 4. The smallest absolute Gasteiger partial charge is 0.329 e. The van der Waals surface area contributed by atoms with E-state index in [2.05, 4.69) is 27.9 Å². The number of nitrogen functional groups attached to an aromatic ring is 1. The van der Waals surface area contributed by atoms with Crippen molar-refractivity contribution in [2.24, 2.45) is 11.3 Å². The minimum Gasteiger partial charge on any atom is -0.489 e. The van der Waals surface area contributed by atoms with Gasteiger partial charge in [-0.25, -0.2) is 22.9 Å². The number of aryl methyl sites for hydroxylation is 1. The number of alkyl halides is 1. The van der Waals surface area contributed by atoms with Gasteiger partial charge in [0.1, 0.15) is 53.9 Å². The first kappa shape index (κ1) is 37.4. The first-order valence-corrected chi connectivity index (χ1v) is 20.9. The molecule has 10 rings (SSSR count). The molecule has 1 saturated carbocycles. The number of benzene rings is 2. The minimum absolute atomic E-state index is 0.0174. The van der Waals surface area contributed by atoms with Gasteiger partial charge in [0.15, 0.2) is 11.6 Å². The summed E-state index contributed by atoms with van der Waals surface area (Å²) in [4.78, 5) is 34.0. The van der Waals surface area contributed by atoms with Crippen LogP contribution in [0.2, 0.25) is 5.02 Å². The number of anilines is 2. The Labute approximate surface area is 341 Å². The van der Waals surface area contributed by atoms with Gasteiger partial charge in [-0.3, -0.25) is 9.47 Å². The minimum atomic E-state index is -0.975. The SMILES string of the molecule is Cc1ncn(C(=O)N2C[C@@H](CN3CCOc4c(Cl)c(-c5ccc(F)c6sc(N)c(C#N)c56)c(F)c5nc(OC[C@@]67CCCN6C[C@H](F)C7)nc3c45)[C@H]2C2(C)CC2)c1C. The zero-order chi connectivity index (χ0) is 40.4. The molecule has 1 aliphatic carbocycles. The molecule has 5 aliphatic rings. The van der Waals surface area contributed by atoms with Gasteiger partial charge in [0.05, 0.1) is 38.4 Å². The maximum absolute atomic E-state index is 17.5. The highest BCUT2D eigenvalue weighted by Gasteiger charge is 2.58.